The minimum absolute atomic E-state index is 0.00479. The molecule has 1 saturated heterocycles. The summed E-state index contributed by atoms with van der Waals surface area (Å²) in [4.78, 5) is 19.0. The average molecular weight is 339 g/mol. The van der Waals surface area contributed by atoms with Gasteiger partial charge in [0, 0.05) is 24.9 Å². The molecule has 2 amide bonds. The van der Waals surface area contributed by atoms with Crippen molar-refractivity contribution in [1.82, 2.24) is 15.2 Å². The summed E-state index contributed by atoms with van der Waals surface area (Å²) in [5, 5.41) is 12.8. The van der Waals surface area contributed by atoms with Crippen LogP contribution in [0.1, 0.15) is 30.6 Å². The molecule has 1 aromatic carbocycles. The van der Waals surface area contributed by atoms with Crippen LogP contribution in [0, 0.1) is 5.92 Å². The van der Waals surface area contributed by atoms with Crippen LogP contribution < -0.4 is 5.32 Å². The lowest BCUT2D eigenvalue weighted by Crippen LogP contribution is -2.47. The zero-order valence-electron chi connectivity index (χ0n) is 14.5. The molecule has 0 aliphatic carbocycles. The molecule has 1 aliphatic rings. The molecule has 1 aromatic heterocycles. The van der Waals surface area contributed by atoms with E-state index in [1.165, 1.54) is 0 Å². The third kappa shape index (κ3) is 4.17. The maximum Gasteiger partial charge on any atom is 0.318 e. The minimum Gasteiger partial charge on any atom is -0.394 e. The second-order valence-corrected chi connectivity index (χ2v) is 6.65. The second kappa shape index (κ2) is 8.12. The fraction of sp³-hybridized carbons (Fsp3) is 0.400. The van der Waals surface area contributed by atoms with Gasteiger partial charge in [-0.1, -0.05) is 43.3 Å². The maximum absolute atomic E-state index is 12.8. The van der Waals surface area contributed by atoms with Crippen molar-refractivity contribution in [3.63, 3.8) is 0 Å². The first-order valence-corrected chi connectivity index (χ1v) is 8.82. The van der Waals surface area contributed by atoms with Gasteiger partial charge in [0.05, 0.1) is 18.7 Å². The molecule has 3 rings (SSSR count). The van der Waals surface area contributed by atoms with E-state index in [9.17, 15) is 9.90 Å². The molecular weight excluding hydrogens is 314 g/mol. The third-order valence-electron chi connectivity index (χ3n) is 4.97. The highest BCUT2D eigenvalue weighted by atomic mass is 16.3. The van der Waals surface area contributed by atoms with E-state index in [1.807, 2.05) is 48.5 Å². The number of hydrogen-bond donors (Lipinski definition) is 2. The Morgan fingerprint density at radius 2 is 2.04 bits per heavy atom. The molecule has 0 spiro atoms. The van der Waals surface area contributed by atoms with Gasteiger partial charge in [-0.2, -0.15) is 0 Å². The molecule has 0 unspecified atom stereocenters. The number of carbonyl (C=O) groups excluding carboxylic acids is 1. The number of pyridine rings is 1. The average Bonchev–Trinajstić information content (AvgIpc) is 3.03. The summed E-state index contributed by atoms with van der Waals surface area (Å²) in [7, 11) is 0. The molecule has 0 bridgehead atoms. The number of hydrogen-bond acceptors (Lipinski definition) is 3. The molecule has 132 valence electrons. The first-order valence-electron chi connectivity index (χ1n) is 8.82. The van der Waals surface area contributed by atoms with Crippen LogP contribution >= 0.6 is 0 Å². The van der Waals surface area contributed by atoms with Crippen LogP contribution in [-0.2, 0) is 6.42 Å². The van der Waals surface area contributed by atoms with E-state index in [1.54, 1.807) is 11.1 Å². The van der Waals surface area contributed by atoms with Gasteiger partial charge in [0.25, 0.3) is 0 Å². The number of likely N-dealkylation sites (tertiary alicyclic amines) is 1. The molecular formula is C20H25N3O2. The van der Waals surface area contributed by atoms with Crippen molar-refractivity contribution in [3.8, 4) is 0 Å². The molecule has 0 saturated carbocycles. The highest BCUT2D eigenvalue weighted by Crippen LogP contribution is 2.25. The van der Waals surface area contributed by atoms with Crippen LogP contribution in [0.15, 0.2) is 54.7 Å². The molecule has 1 fully saturated rings. The first-order chi connectivity index (χ1) is 12.2. The number of aliphatic hydroxyl groups excluding tert-OH is 1. The number of nitrogens with zero attached hydrogens (tertiary/aromatic N) is 2. The number of benzene rings is 1. The Morgan fingerprint density at radius 3 is 2.72 bits per heavy atom. The van der Waals surface area contributed by atoms with E-state index >= 15 is 0 Å². The summed E-state index contributed by atoms with van der Waals surface area (Å²) in [6.07, 6.45) is 3.32. The molecule has 2 heterocycles. The standard InChI is InChI=1S/C20H25N3O2/c1-15-10-12-23(19(15)14-24)20(25)22-18(16-7-3-2-4-8-16)13-17-9-5-6-11-21-17/h2-9,11,15,18-19,24H,10,12-14H2,1H3,(H,22,25)/t15-,18-,19-/m1/s1. The quantitative estimate of drug-likeness (QED) is 0.880. The predicted octanol–water partition coefficient (Wildman–Crippen LogP) is 2.78. The summed E-state index contributed by atoms with van der Waals surface area (Å²) in [5.41, 5.74) is 1.99. The van der Waals surface area contributed by atoms with Crippen LogP contribution in [0.4, 0.5) is 4.79 Å². The largest absolute Gasteiger partial charge is 0.394 e. The number of aliphatic hydroxyl groups is 1. The molecule has 3 atom stereocenters. The van der Waals surface area contributed by atoms with Crippen molar-refractivity contribution in [2.24, 2.45) is 5.92 Å². The Bertz CT molecular complexity index is 678. The van der Waals surface area contributed by atoms with Crippen LogP contribution in [0.25, 0.3) is 0 Å². The first kappa shape index (κ1) is 17.4. The Labute approximate surface area is 148 Å². The van der Waals surface area contributed by atoms with Gasteiger partial charge in [0.1, 0.15) is 0 Å². The van der Waals surface area contributed by atoms with Crippen LogP contribution in [0.5, 0.6) is 0 Å². The van der Waals surface area contributed by atoms with Gasteiger partial charge < -0.3 is 15.3 Å². The Morgan fingerprint density at radius 1 is 1.28 bits per heavy atom. The van der Waals surface area contributed by atoms with E-state index in [0.717, 1.165) is 17.7 Å². The molecule has 2 N–H and O–H groups in total. The zero-order chi connectivity index (χ0) is 17.6. The van der Waals surface area contributed by atoms with Crippen LogP contribution in [0.2, 0.25) is 0 Å². The molecule has 5 nitrogen and oxygen atoms in total. The van der Waals surface area contributed by atoms with Crippen molar-refractivity contribution < 1.29 is 9.90 Å². The lowest BCUT2D eigenvalue weighted by molar-refractivity contribution is 0.141. The molecule has 25 heavy (non-hydrogen) atoms. The Kier molecular flexibility index (Phi) is 5.66. The Hall–Kier alpha value is -2.40. The van der Waals surface area contributed by atoms with E-state index < -0.39 is 0 Å². The molecule has 5 heteroatoms. The monoisotopic (exact) mass is 339 g/mol. The number of rotatable bonds is 5. The van der Waals surface area contributed by atoms with Gasteiger partial charge in [-0.15, -0.1) is 0 Å². The van der Waals surface area contributed by atoms with Gasteiger partial charge in [0.2, 0.25) is 0 Å². The normalized spacial score (nSPS) is 21.1. The van der Waals surface area contributed by atoms with Crippen molar-refractivity contribution in [2.45, 2.75) is 31.8 Å². The maximum atomic E-state index is 12.8. The minimum atomic E-state index is -0.154. The van der Waals surface area contributed by atoms with E-state index in [2.05, 4.69) is 17.2 Å². The van der Waals surface area contributed by atoms with Gasteiger partial charge in [0.15, 0.2) is 0 Å². The van der Waals surface area contributed by atoms with Crippen LogP contribution in [0.3, 0.4) is 0 Å². The summed E-state index contributed by atoms with van der Waals surface area (Å²) in [5.74, 6) is 0.321. The van der Waals surface area contributed by atoms with Crippen molar-refractivity contribution >= 4 is 6.03 Å². The third-order valence-corrected chi connectivity index (χ3v) is 4.97. The zero-order valence-corrected chi connectivity index (χ0v) is 14.5. The van der Waals surface area contributed by atoms with Gasteiger partial charge in [-0.05, 0) is 30.0 Å². The highest BCUT2D eigenvalue weighted by molar-refractivity contribution is 5.75. The number of nitrogens with one attached hydrogen (secondary N) is 1. The number of amides is 2. The van der Waals surface area contributed by atoms with E-state index in [-0.39, 0.29) is 24.7 Å². The number of aromatic nitrogens is 1. The topological polar surface area (TPSA) is 65.5 Å². The fourth-order valence-electron chi connectivity index (χ4n) is 3.44. The number of carbonyl (C=O) groups is 1. The highest BCUT2D eigenvalue weighted by Gasteiger charge is 2.34. The lowest BCUT2D eigenvalue weighted by atomic mass is 10.0. The number of urea groups is 1. The summed E-state index contributed by atoms with van der Waals surface area (Å²) >= 11 is 0. The van der Waals surface area contributed by atoms with Gasteiger partial charge >= 0.3 is 6.03 Å². The SMILES string of the molecule is C[C@@H]1CCN(C(=O)N[C@H](Cc2ccccn2)c2ccccc2)[C@@H]1CO. The predicted molar refractivity (Wildman–Crippen MR) is 97.0 cm³/mol. The fourth-order valence-corrected chi connectivity index (χ4v) is 3.44. The van der Waals surface area contributed by atoms with E-state index in [4.69, 9.17) is 0 Å². The molecule has 2 aromatic rings. The lowest BCUT2D eigenvalue weighted by Gasteiger charge is -2.28. The summed E-state index contributed by atoms with van der Waals surface area (Å²) in [6, 6.07) is 15.4. The molecule has 0 radical (unpaired) electrons. The van der Waals surface area contributed by atoms with E-state index in [0.29, 0.717) is 18.9 Å². The van der Waals surface area contributed by atoms with Crippen molar-refractivity contribution in [2.75, 3.05) is 13.2 Å². The van der Waals surface area contributed by atoms with Crippen molar-refractivity contribution in [1.29, 1.82) is 0 Å². The smallest absolute Gasteiger partial charge is 0.318 e. The van der Waals surface area contributed by atoms with Gasteiger partial charge in [-0.25, -0.2) is 4.79 Å². The Balaban J connectivity index is 1.77. The van der Waals surface area contributed by atoms with Crippen molar-refractivity contribution in [3.05, 3.63) is 66.0 Å². The summed E-state index contributed by atoms with van der Waals surface area (Å²) in [6.45, 7) is 2.77. The van der Waals surface area contributed by atoms with Gasteiger partial charge in [-0.3, -0.25) is 4.98 Å². The second-order valence-electron chi connectivity index (χ2n) is 6.65. The summed E-state index contributed by atoms with van der Waals surface area (Å²) < 4.78 is 0. The molecule has 1 aliphatic heterocycles. The van der Waals surface area contributed by atoms with Crippen LogP contribution in [-0.4, -0.2) is 40.2 Å².